The molecule has 2 heterocycles. The summed E-state index contributed by atoms with van der Waals surface area (Å²) < 4.78 is 5.65. The lowest BCUT2D eigenvalue weighted by molar-refractivity contribution is -0.384. The SMILES string of the molecule is O=[N+]([O-])c1ccccc1-c1nnc(-c2cc(-c3ccccc3)ccn2)o1. The second-order valence-electron chi connectivity index (χ2n) is 5.48. The first-order chi connectivity index (χ1) is 12.7. The van der Waals surface area contributed by atoms with Crippen LogP contribution in [0.15, 0.2) is 77.3 Å². The van der Waals surface area contributed by atoms with E-state index < -0.39 is 4.92 Å². The number of hydrogen-bond acceptors (Lipinski definition) is 6. The molecular formula is C19H12N4O3. The summed E-state index contributed by atoms with van der Waals surface area (Å²) in [4.78, 5) is 15.0. The van der Waals surface area contributed by atoms with E-state index >= 15 is 0 Å². The van der Waals surface area contributed by atoms with E-state index in [1.54, 1.807) is 24.4 Å². The molecule has 0 N–H and O–H groups in total. The highest BCUT2D eigenvalue weighted by atomic mass is 16.6. The third kappa shape index (κ3) is 2.93. The lowest BCUT2D eigenvalue weighted by atomic mass is 10.1. The van der Waals surface area contributed by atoms with Crippen LogP contribution in [0.5, 0.6) is 0 Å². The van der Waals surface area contributed by atoms with Gasteiger partial charge in [0.1, 0.15) is 11.3 Å². The summed E-state index contributed by atoms with van der Waals surface area (Å²) >= 11 is 0. The van der Waals surface area contributed by atoms with Gasteiger partial charge in [-0.3, -0.25) is 15.1 Å². The van der Waals surface area contributed by atoms with Crippen LogP contribution in [0.3, 0.4) is 0 Å². The number of hydrogen-bond donors (Lipinski definition) is 0. The minimum atomic E-state index is -0.479. The van der Waals surface area contributed by atoms with Gasteiger partial charge in [0.25, 0.3) is 17.5 Å². The first kappa shape index (κ1) is 15.6. The monoisotopic (exact) mass is 344 g/mol. The highest BCUT2D eigenvalue weighted by Crippen LogP contribution is 2.31. The maximum absolute atomic E-state index is 11.2. The van der Waals surface area contributed by atoms with Crippen molar-refractivity contribution in [1.29, 1.82) is 0 Å². The predicted octanol–water partition coefficient (Wildman–Crippen LogP) is 4.37. The number of aromatic nitrogens is 3. The number of para-hydroxylation sites is 1. The van der Waals surface area contributed by atoms with E-state index in [0.717, 1.165) is 11.1 Å². The van der Waals surface area contributed by atoms with Crippen molar-refractivity contribution in [3.63, 3.8) is 0 Å². The summed E-state index contributed by atoms with van der Waals surface area (Å²) in [5.41, 5.74) is 2.68. The highest BCUT2D eigenvalue weighted by molar-refractivity contribution is 5.69. The second kappa shape index (κ2) is 6.56. The first-order valence-corrected chi connectivity index (χ1v) is 7.81. The van der Waals surface area contributed by atoms with Crippen molar-refractivity contribution in [2.24, 2.45) is 0 Å². The normalized spacial score (nSPS) is 10.6. The van der Waals surface area contributed by atoms with Gasteiger partial charge in [-0.1, -0.05) is 42.5 Å². The Hall–Kier alpha value is -3.87. The Balaban J connectivity index is 1.73. The molecule has 4 aromatic rings. The highest BCUT2D eigenvalue weighted by Gasteiger charge is 2.20. The molecular weight excluding hydrogens is 332 g/mol. The van der Waals surface area contributed by atoms with Crippen molar-refractivity contribution in [2.75, 3.05) is 0 Å². The Bertz CT molecular complexity index is 1080. The Labute approximate surface area is 148 Å². The zero-order valence-corrected chi connectivity index (χ0v) is 13.4. The van der Waals surface area contributed by atoms with Gasteiger partial charge in [0.15, 0.2) is 0 Å². The Morgan fingerprint density at radius 1 is 0.846 bits per heavy atom. The van der Waals surface area contributed by atoms with Crippen molar-refractivity contribution in [3.8, 4) is 34.2 Å². The average molecular weight is 344 g/mol. The van der Waals surface area contributed by atoms with Gasteiger partial charge in [-0.25, -0.2) is 0 Å². The van der Waals surface area contributed by atoms with Gasteiger partial charge in [0.05, 0.1) is 4.92 Å². The largest absolute Gasteiger partial charge is 0.414 e. The first-order valence-electron chi connectivity index (χ1n) is 7.81. The van der Waals surface area contributed by atoms with Crippen molar-refractivity contribution in [2.45, 2.75) is 0 Å². The Kier molecular flexibility index (Phi) is 3.95. The summed E-state index contributed by atoms with van der Waals surface area (Å²) in [7, 11) is 0. The molecule has 0 radical (unpaired) electrons. The van der Waals surface area contributed by atoms with E-state index in [0.29, 0.717) is 5.69 Å². The van der Waals surface area contributed by atoms with Crippen LogP contribution in [-0.4, -0.2) is 20.1 Å². The summed E-state index contributed by atoms with van der Waals surface area (Å²) in [6, 6.07) is 19.8. The molecule has 0 atom stereocenters. The van der Waals surface area contributed by atoms with Crippen LogP contribution in [0.4, 0.5) is 5.69 Å². The summed E-state index contributed by atoms with van der Waals surface area (Å²) in [5.74, 6) is 0.287. The van der Waals surface area contributed by atoms with Crippen molar-refractivity contribution >= 4 is 5.69 Å². The maximum Gasteiger partial charge on any atom is 0.282 e. The molecule has 0 saturated carbocycles. The van der Waals surface area contributed by atoms with Crippen molar-refractivity contribution < 1.29 is 9.34 Å². The summed E-state index contributed by atoms with van der Waals surface area (Å²) in [6.07, 6.45) is 1.66. The molecule has 0 fully saturated rings. The minimum Gasteiger partial charge on any atom is -0.414 e. The minimum absolute atomic E-state index is 0.0826. The number of nitro benzene ring substituents is 1. The van der Waals surface area contributed by atoms with Crippen molar-refractivity contribution in [3.05, 3.63) is 83.0 Å². The zero-order chi connectivity index (χ0) is 17.9. The molecule has 0 unspecified atom stereocenters. The van der Waals surface area contributed by atoms with Gasteiger partial charge in [0.2, 0.25) is 0 Å². The molecule has 0 bridgehead atoms. The number of pyridine rings is 1. The molecule has 126 valence electrons. The van der Waals surface area contributed by atoms with E-state index in [2.05, 4.69) is 15.2 Å². The van der Waals surface area contributed by atoms with Crippen LogP contribution in [-0.2, 0) is 0 Å². The van der Waals surface area contributed by atoms with Crippen LogP contribution < -0.4 is 0 Å². The summed E-state index contributed by atoms with van der Waals surface area (Å²) in [5, 5.41) is 19.1. The third-order valence-electron chi connectivity index (χ3n) is 3.84. The van der Waals surface area contributed by atoms with Gasteiger partial charge < -0.3 is 4.42 Å². The molecule has 0 aliphatic rings. The smallest absolute Gasteiger partial charge is 0.282 e. The fourth-order valence-corrected chi connectivity index (χ4v) is 2.61. The summed E-state index contributed by atoms with van der Waals surface area (Å²) in [6.45, 7) is 0. The van der Waals surface area contributed by atoms with E-state index in [4.69, 9.17) is 4.42 Å². The molecule has 4 rings (SSSR count). The molecule has 7 heteroatoms. The fourth-order valence-electron chi connectivity index (χ4n) is 2.61. The molecule has 7 nitrogen and oxygen atoms in total. The van der Waals surface area contributed by atoms with Crippen LogP contribution in [0.25, 0.3) is 34.2 Å². The van der Waals surface area contributed by atoms with Gasteiger partial charge >= 0.3 is 0 Å². The maximum atomic E-state index is 11.2. The Morgan fingerprint density at radius 2 is 1.58 bits per heavy atom. The number of benzene rings is 2. The average Bonchev–Trinajstić information content (AvgIpc) is 3.19. The third-order valence-corrected chi connectivity index (χ3v) is 3.84. The van der Waals surface area contributed by atoms with Crippen LogP contribution in [0.2, 0.25) is 0 Å². The molecule has 2 aromatic carbocycles. The molecule has 0 aliphatic heterocycles. The van der Waals surface area contributed by atoms with E-state index in [1.807, 2.05) is 42.5 Å². The standard InChI is InChI=1S/C19H12N4O3/c24-23(25)17-9-5-4-8-15(17)18-21-22-19(26-18)16-12-14(10-11-20-16)13-6-2-1-3-7-13/h1-12H. The van der Waals surface area contributed by atoms with Gasteiger partial charge in [-0.2, -0.15) is 0 Å². The molecule has 2 aromatic heterocycles. The molecule has 0 aliphatic carbocycles. The number of rotatable bonds is 4. The van der Waals surface area contributed by atoms with E-state index in [1.165, 1.54) is 6.07 Å². The fraction of sp³-hybridized carbons (Fsp3) is 0. The van der Waals surface area contributed by atoms with Crippen LogP contribution in [0.1, 0.15) is 0 Å². The predicted molar refractivity (Wildman–Crippen MR) is 95.1 cm³/mol. The molecule has 0 amide bonds. The van der Waals surface area contributed by atoms with Crippen LogP contribution >= 0.6 is 0 Å². The van der Waals surface area contributed by atoms with Gasteiger partial charge in [0, 0.05) is 12.3 Å². The number of nitrogens with zero attached hydrogens (tertiary/aromatic N) is 4. The molecule has 0 spiro atoms. The van der Waals surface area contributed by atoms with Crippen LogP contribution in [0, 0.1) is 10.1 Å². The van der Waals surface area contributed by atoms with Gasteiger partial charge in [-0.15, -0.1) is 10.2 Å². The lowest BCUT2D eigenvalue weighted by Gasteiger charge is -2.02. The zero-order valence-electron chi connectivity index (χ0n) is 13.4. The van der Waals surface area contributed by atoms with E-state index in [-0.39, 0.29) is 23.0 Å². The Morgan fingerprint density at radius 3 is 2.38 bits per heavy atom. The second-order valence-corrected chi connectivity index (χ2v) is 5.48. The topological polar surface area (TPSA) is 95.0 Å². The molecule has 0 saturated heterocycles. The van der Waals surface area contributed by atoms with Gasteiger partial charge in [-0.05, 0) is 29.3 Å². The quantitative estimate of drug-likeness (QED) is 0.403. The van der Waals surface area contributed by atoms with Crippen molar-refractivity contribution in [1.82, 2.24) is 15.2 Å². The van der Waals surface area contributed by atoms with E-state index in [9.17, 15) is 10.1 Å². The molecule has 26 heavy (non-hydrogen) atoms. The lowest BCUT2D eigenvalue weighted by Crippen LogP contribution is -1.91. The number of nitro groups is 1.